The molecule has 0 aliphatic heterocycles. The molecule has 0 aliphatic rings. The molecule has 4 nitrogen and oxygen atoms in total. The summed E-state index contributed by atoms with van der Waals surface area (Å²) < 4.78 is 2.63. The fourth-order valence-corrected chi connectivity index (χ4v) is 2.97. The lowest BCUT2D eigenvalue weighted by molar-refractivity contribution is 0.0697. The maximum atomic E-state index is 11.2. The number of aromatic nitrogens is 2. The summed E-state index contributed by atoms with van der Waals surface area (Å²) >= 11 is 4.84. The third-order valence-corrected chi connectivity index (χ3v) is 3.94. The summed E-state index contributed by atoms with van der Waals surface area (Å²) in [5.74, 6) is -0.938. The van der Waals surface area contributed by atoms with Crippen LogP contribution in [-0.4, -0.2) is 20.9 Å². The number of carboxylic acids is 1. The smallest absolute Gasteiger partial charge is 0.339 e. The monoisotopic (exact) mass is 314 g/mol. The average molecular weight is 315 g/mol. The van der Waals surface area contributed by atoms with Crippen LogP contribution in [0.2, 0.25) is 0 Å². The Bertz CT molecular complexity index is 547. The normalized spacial score (nSPS) is 10.7. The molecule has 2 aromatic heterocycles. The number of carboxylic acid groups (broad SMARTS) is 1. The zero-order chi connectivity index (χ0) is 12.4. The van der Waals surface area contributed by atoms with Gasteiger partial charge in [0, 0.05) is 22.6 Å². The highest BCUT2D eigenvalue weighted by atomic mass is 79.9. The van der Waals surface area contributed by atoms with Crippen molar-refractivity contribution in [2.24, 2.45) is 0 Å². The van der Waals surface area contributed by atoms with E-state index >= 15 is 0 Å². The maximum absolute atomic E-state index is 11.2. The Labute approximate surface area is 111 Å². The average Bonchev–Trinajstić information content (AvgIpc) is 2.84. The molecule has 17 heavy (non-hydrogen) atoms. The van der Waals surface area contributed by atoms with Crippen molar-refractivity contribution in [1.29, 1.82) is 0 Å². The van der Waals surface area contributed by atoms with E-state index in [4.69, 9.17) is 5.11 Å². The fraction of sp³-hybridized carbons (Fsp3) is 0.273. The van der Waals surface area contributed by atoms with Crippen LogP contribution in [0.15, 0.2) is 22.1 Å². The van der Waals surface area contributed by atoms with Crippen LogP contribution in [0.3, 0.4) is 0 Å². The first-order valence-corrected chi connectivity index (χ1v) is 6.84. The van der Waals surface area contributed by atoms with Crippen LogP contribution in [0, 0.1) is 0 Å². The molecule has 0 aromatic carbocycles. The summed E-state index contributed by atoms with van der Waals surface area (Å²) in [7, 11) is 0. The molecule has 1 N–H and O–H groups in total. The molecule has 6 heteroatoms. The van der Waals surface area contributed by atoms with Gasteiger partial charge in [0.1, 0.15) is 11.3 Å². The number of hydrogen-bond acceptors (Lipinski definition) is 3. The third-order valence-electron chi connectivity index (χ3n) is 2.25. The maximum Gasteiger partial charge on any atom is 0.339 e. The molecule has 0 bridgehead atoms. The van der Waals surface area contributed by atoms with Gasteiger partial charge in [0.2, 0.25) is 0 Å². The highest BCUT2D eigenvalue weighted by Gasteiger charge is 2.18. The van der Waals surface area contributed by atoms with Gasteiger partial charge in [-0.3, -0.25) is 4.68 Å². The molecule has 2 aromatic rings. The number of nitrogens with zero attached hydrogens (tertiary/aromatic N) is 2. The van der Waals surface area contributed by atoms with E-state index < -0.39 is 5.97 Å². The van der Waals surface area contributed by atoms with Gasteiger partial charge >= 0.3 is 5.97 Å². The highest BCUT2D eigenvalue weighted by Crippen LogP contribution is 2.31. The van der Waals surface area contributed by atoms with Crippen molar-refractivity contribution >= 4 is 33.2 Å². The second-order valence-corrected chi connectivity index (χ2v) is 5.42. The van der Waals surface area contributed by atoms with Crippen LogP contribution < -0.4 is 0 Å². The Balaban J connectivity index is 2.47. The van der Waals surface area contributed by atoms with Crippen LogP contribution in [0.1, 0.15) is 23.7 Å². The first-order chi connectivity index (χ1) is 8.11. The molecular weight excluding hydrogens is 304 g/mol. The van der Waals surface area contributed by atoms with Gasteiger partial charge in [-0.25, -0.2) is 4.79 Å². The minimum Gasteiger partial charge on any atom is -0.478 e. The predicted octanol–water partition coefficient (Wildman–Crippen LogP) is 3.48. The zero-order valence-corrected chi connectivity index (χ0v) is 11.6. The van der Waals surface area contributed by atoms with Crippen molar-refractivity contribution in [3.05, 3.63) is 27.7 Å². The number of thiophene rings is 1. The largest absolute Gasteiger partial charge is 0.478 e. The fourth-order valence-electron chi connectivity index (χ4n) is 1.54. The van der Waals surface area contributed by atoms with Crippen LogP contribution in [0.25, 0.3) is 10.6 Å². The van der Waals surface area contributed by atoms with Crippen molar-refractivity contribution in [3.8, 4) is 10.6 Å². The highest BCUT2D eigenvalue weighted by molar-refractivity contribution is 9.10. The number of rotatable bonds is 4. The molecule has 90 valence electrons. The van der Waals surface area contributed by atoms with Crippen molar-refractivity contribution in [2.45, 2.75) is 19.9 Å². The van der Waals surface area contributed by atoms with Gasteiger partial charge in [-0.2, -0.15) is 5.10 Å². The zero-order valence-electron chi connectivity index (χ0n) is 9.18. The van der Waals surface area contributed by atoms with E-state index in [-0.39, 0.29) is 5.56 Å². The van der Waals surface area contributed by atoms with E-state index in [0.717, 1.165) is 22.3 Å². The lowest BCUT2D eigenvalue weighted by Crippen LogP contribution is -1.97. The summed E-state index contributed by atoms with van der Waals surface area (Å²) in [6.07, 6.45) is 2.52. The Morgan fingerprint density at radius 2 is 2.41 bits per heavy atom. The van der Waals surface area contributed by atoms with Gasteiger partial charge in [-0.1, -0.05) is 6.92 Å². The van der Waals surface area contributed by atoms with E-state index in [1.165, 1.54) is 11.3 Å². The second kappa shape index (κ2) is 5.01. The Kier molecular flexibility index (Phi) is 3.63. The van der Waals surface area contributed by atoms with Crippen molar-refractivity contribution in [1.82, 2.24) is 9.78 Å². The lowest BCUT2D eigenvalue weighted by atomic mass is 10.2. The molecule has 0 radical (unpaired) electrons. The number of hydrogen-bond donors (Lipinski definition) is 1. The Hall–Kier alpha value is -1.14. The van der Waals surface area contributed by atoms with E-state index in [1.54, 1.807) is 10.9 Å². The van der Waals surface area contributed by atoms with Crippen LogP contribution >= 0.6 is 27.3 Å². The topological polar surface area (TPSA) is 55.1 Å². The third kappa shape index (κ3) is 2.58. The first kappa shape index (κ1) is 12.3. The molecule has 2 rings (SSSR count). The van der Waals surface area contributed by atoms with Crippen molar-refractivity contribution < 1.29 is 9.90 Å². The SMILES string of the molecule is CCCn1cc(C(=O)O)c(-c2cc(Br)cs2)n1. The molecule has 0 saturated heterocycles. The van der Waals surface area contributed by atoms with Crippen LogP contribution in [-0.2, 0) is 6.54 Å². The minimum atomic E-state index is -0.938. The number of aryl methyl sites for hydroxylation is 1. The molecule has 0 aliphatic carbocycles. The van der Waals surface area contributed by atoms with Crippen LogP contribution in [0.4, 0.5) is 0 Å². The minimum absolute atomic E-state index is 0.257. The van der Waals surface area contributed by atoms with Crippen molar-refractivity contribution in [3.63, 3.8) is 0 Å². The summed E-state index contributed by atoms with van der Waals surface area (Å²) in [6, 6.07) is 1.88. The van der Waals surface area contributed by atoms with Gasteiger partial charge < -0.3 is 5.11 Å². The van der Waals surface area contributed by atoms with E-state index in [9.17, 15) is 4.79 Å². The standard InChI is InChI=1S/C11H11BrN2O2S/c1-2-3-14-5-8(11(15)16)10(13-14)9-4-7(12)6-17-9/h4-6H,2-3H2,1H3,(H,15,16). The predicted molar refractivity (Wildman–Crippen MR) is 70.5 cm³/mol. The molecule has 0 atom stereocenters. The Morgan fingerprint density at radius 3 is 2.94 bits per heavy atom. The van der Waals surface area contributed by atoms with Crippen molar-refractivity contribution in [2.75, 3.05) is 0 Å². The first-order valence-electron chi connectivity index (χ1n) is 5.17. The summed E-state index contributed by atoms with van der Waals surface area (Å²) in [5, 5.41) is 15.4. The number of aromatic carboxylic acids is 1. The van der Waals surface area contributed by atoms with Gasteiger partial charge in [-0.05, 0) is 28.4 Å². The molecule has 0 spiro atoms. The second-order valence-electron chi connectivity index (χ2n) is 3.59. The molecule has 2 heterocycles. The van der Waals surface area contributed by atoms with Gasteiger partial charge in [0.05, 0.1) is 4.88 Å². The number of carbonyl (C=O) groups is 1. The Morgan fingerprint density at radius 1 is 1.65 bits per heavy atom. The quantitative estimate of drug-likeness (QED) is 0.940. The van der Waals surface area contributed by atoms with E-state index in [1.807, 2.05) is 18.4 Å². The van der Waals surface area contributed by atoms with E-state index in [0.29, 0.717) is 5.69 Å². The molecular formula is C11H11BrN2O2S. The van der Waals surface area contributed by atoms with Gasteiger partial charge in [-0.15, -0.1) is 11.3 Å². The summed E-state index contributed by atoms with van der Waals surface area (Å²) in [4.78, 5) is 12.0. The molecule has 0 amide bonds. The van der Waals surface area contributed by atoms with Gasteiger partial charge in [0.15, 0.2) is 0 Å². The summed E-state index contributed by atoms with van der Waals surface area (Å²) in [6.45, 7) is 2.76. The number of halogens is 1. The van der Waals surface area contributed by atoms with Crippen LogP contribution in [0.5, 0.6) is 0 Å². The molecule has 0 fully saturated rings. The summed E-state index contributed by atoms with van der Waals surface area (Å²) in [5.41, 5.74) is 0.800. The molecule has 0 saturated carbocycles. The van der Waals surface area contributed by atoms with Gasteiger partial charge in [0.25, 0.3) is 0 Å². The lowest BCUT2D eigenvalue weighted by Gasteiger charge is -1.95. The molecule has 0 unspecified atom stereocenters. The van der Waals surface area contributed by atoms with E-state index in [2.05, 4.69) is 21.0 Å².